The average Bonchev–Trinajstić information content (AvgIpc) is 2.28. The Balaban J connectivity index is 2.76. The summed E-state index contributed by atoms with van der Waals surface area (Å²) in [4.78, 5) is 3.88. The molecule has 0 aliphatic heterocycles. The molecule has 17 heavy (non-hydrogen) atoms. The van der Waals surface area contributed by atoms with Crippen LogP contribution in [0.1, 0.15) is 13.8 Å². The quantitative estimate of drug-likeness (QED) is 0.834. The highest BCUT2D eigenvalue weighted by Crippen LogP contribution is 2.21. The maximum absolute atomic E-state index is 12.0. The lowest BCUT2D eigenvalue weighted by molar-refractivity contribution is 0.579. The van der Waals surface area contributed by atoms with Gasteiger partial charge in [0, 0.05) is 18.9 Å². The van der Waals surface area contributed by atoms with Crippen molar-refractivity contribution in [3.63, 3.8) is 0 Å². The van der Waals surface area contributed by atoms with Crippen molar-refractivity contribution in [1.82, 2.24) is 10.3 Å². The third-order valence-corrected chi connectivity index (χ3v) is 4.60. The van der Waals surface area contributed by atoms with Gasteiger partial charge in [-0.2, -0.15) is 0 Å². The van der Waals surface area contributed by atoms with Crippen molar-refractivity contribution in [2.45, 2.75) is 19.1 Å². The Bertz CT molecular complexity index is 464. The molecule has 0 saturated heterocycles. The molecule has 1 aromatic rings. The van der Waals surface area contributed by atoms with E-state index in [1.165, 1.54) is 6.20 Å². The van der Waals surface area contributed by atoms with Crippen LogP contribution in [0.3, 0.4) is 0 Å². The van der Waals surface area contributed by atoms with Crippen LogP contribution in [0.15, 0.2) is 22.9 Å². The summed E-state index contributed by atoms with van der Waals surface area (Å²) in [5.41, 5.74) is 0.503. The van der Waals surface area contributed by atoms with Crippen LogP contribution in [-0.2, 0) is 10.0 Å². The molecule has 0 amide bonds. The summed E-state index contributed by atoms with van der Waals surface area (Å²) < 4.78 is 27.1. The van der Waals surface area contributed by atoms with Crippen LogP contribution in [0, 0.1) is 0 Å². The maximum atomic E-state index is 12.0. The maximum Gasteiger partial charge on any atom is 0.236 e. The molecule has 2 N–H and O–H groups in total. The van der Waals surface area contributed by atoms with E-state index in [9.17, 15) is 8.42 Å². The first-order valence-corrected chi connectivity index (χ1v) is 7.63. The van der Waals surface area contributed by atoms with Crippen molar-refractivity contribution in [3.05, 3.63) is 22.9 Å². The van der Waals surface area contributed by atoms with Gasteiger partial charge in [-0.1, -0.05) is 6.92 Å². The monoisotopic (exact) mass is 321 g/mol. The number of hydrogen-bond donors (Lipinski definition) is 2. The summed E-state index contributed by atoms with van der Waals surface area (Å²) in [6.07, 6.45) is 3.09. The SMILES string of the molecule is CCNCC(C)S(=O)(=O)Nc1ccncc1Br. The second kappa shape index (κ2) is 6.32. The molecule has 0 radical (unpaired) electrons. The van der Waals surface area contributed by atoms with Crippen molar-refractivity contribution in [2.75, 3.05) is 17.8 Å². The van der Waals surface area contributed by atoms with Crippen LogP contribution < -0.4 is 10.0 Å². The van der Waals surface area contributed by atoms with E-state index in [1.54, 1.807) is 19.2 Å². The molecule has 0 bridgehead atoms. The molecule has 1 heterocycles. The Kier molecular flexibility index (Phi) is 5.35. The minimum absolute atomic E-state index is 0.425. The first kappa shape index (κ1) is 14.4. The van der Waals surface area contributed by atoms with Gasteiger partial charge in [0.2, 0.25) is 10.0 Å². The van der Waals surface area contributed by atoms with Gasteiger partial charge in [0.25, 0.3) is 0 Å². The lowest BCUT2D eigenvalue weighted by Crippen LogP contribution is -2.34. The fourth-order valence-corrected chi connectivity index (χ4v) is 2.67. The second-order valence-corrected chi connectivity index (χ2v) is 6.57. The molecule has 96 valence electrons. The van der Waals surface area contributed by atoms with E-state index in [2.05, 4.69) is 31.0 Å². The molecular weight excluding hydrogens is 306 g/mol. The lowest BCUT2D eigenvalue weighted by Gasteiger charge is -2.15. The topological polar surface area (TPSA) is 71.1 Å². The first-order chi connectivity index (χ1) is 7.97. The third-order valence-electron chi connectivity index (χ3n) is 2.24. The molecular formula is C10H16BrN3O2S. The van der Waals surface area contributed by atoms with Gasteiger partial charge in [-0.3, -0.25) is 9.71 Å². The molecule has 0 spiro atoms. The van der Waals surface area contributed by atoms with Gasteiger partial charge in [-0.05, 0) is 35.5 Å². The van der Waals surface area contributed by atoms with E-state index < -0.39 is 15.3 Å². The fourth-order valence-electron chi connectivity index (χ4n) is 1.17. The van der Waals surface area contributed by atoms with Crippen LogP contribution in [0.25, 0.3) is 0 Å². The minimum atomic E-state index is -3.38. The Morgan fingerprint density at radius 3 is 2.82 bits per heavy atom. The van der Waals surface area contributed by atoms with Gasteiger partial charge >= 0.3 is 0 Å². The highest BCUT2D eigenvalue weighted by atomic mass is 79.9. The Morgan fingerprint density at radius 2 is 2.24 bits per heavy atom. The second-order valence-electron chi connectivity index (χ2n) is 3.62. The van der Waals surface area contributed by atoms with E-state index >= 15 is 0 Å². The van der Waals surface area contributed by atoms with Gasteiger partial charge in [-0.25, -0.2) is 8.42 Å². The predicted molar refractivity (Wildman–Crippen MR) is 72.5 cm³/mol. The minimum Gasteiger partial charge on any atom is -0.316 e. The number of sulfonamides is 1. The predicted octanol–water partition coefficient (Wildman–Crippen LogP) is 1.58. The molecule has 0 fully saturated rings. The standard InChI is InChI=1S/C10H16BrN3O2S/c1-3-12-6-8(2)17(15,16)14-10-4-5-13-7-9(10)11/h4-5,7-8,12H,3,6H2,1-2H3,(H,13,14). The van der Waals surface area contributed by atoms with E-state index in [0.29, 0.717) is 16.7 Å². The Morgan fingerprint density at radius 1 is 1.53 bits per heavy atom. The van der Waals surface area contributed by atoms with Gasteiger partial charge < -0.3 is 5.32 Å². The summed E-state index contributed by atoms with van der Waals surface area (Å²) >= 11 is 3.25. The largest absolute Gasteiger partial charge is 0.316 e. The van der Waals surface area contributed by atoms with Crippen LogP contribution in [0.2, 0.25) is 0 Å². The zero-order valence-corrected chi connectivity index (χ0v) is 12.2. The van der Waals surface area contributed by atoms with Crippen LogP contribution in [0.4, 0.5) is 5.69 Å². The summed E-state index contributed by atoms with van der Waals surface area (Å²) in [5, 5.41) is 2.51. The highest BCUT2D eigenvalue weighted by molar-refractivity contribution is 9.10. The van der Waals surface area contributed by atoms with Crippen molar-refractivity contribution < 1.29 is 8.42 Å². The fraction of sp³-hybridized carbons (Fsp3) is 0.500. The lowest BCUT2D eigenvalue weighted by atomic mass is 10.4. The zero-order valence-electron chi connectivity index (χ0n) is 9.77. The molecule has 0 aromatic carbocycles. The molecule has 0 aliphatic carbocycles. The number of anilines is 1. The molecule has 1 atom stereocenters. The third kappa shape index (κ3) is 4.25. The van der Waals surface area contributed by atoms with Crippen molar-refractivity contribution in [2.24, 2.45) is 0 Å². The van der Waals surface area contributed by atoms with Crippen LogP contribution >= 0.6 is 15.9 Å². The highest BCUT2D eigenvalue weighted by Gasteiger charge is 2.20. The Labute approximate surface area is 110 Å². The smallest absolute Gasteiger partial charge is 0.236 e. The molecule has 1 aromatic heterocycles. The number of rotatable bonds is 6. The summed E-state index contributed by atoms with van der Waals surface area (Å²) in [7, 11) is -3.38. The van der Waals surface area contributed by atoms with E-state index in [1.807, 2.05) is 6.92 Å². The molecule has 1 unspecified atom stereocenters. The van der Waals surface area contributed by atoms with Gasteiger partial charge in [0.05, 0.1) is 15.4 Å². The van der Waals surface area contributed by atoms with E-state index in [0.717, 1.165) is 6.54 Å². The Hall–Kier alpha value is -0.660. The number of pyridine rings is 1. The van der Waals surface area contributed by atoms with Crippen LogP contribution in [-0.4, -0.2) is 31.7 Å². The number of nitrogens with zero attached hydrogens (tertiary/aromatic N) is 1. The van der Waals surface area contributed by atoms with Crippen molar-refractivity contribution in [3.8, 4) is 0 Å². The molecule has 1 rings (SSSR count). The van der Waals surface area contributed by atoms with E-state index in [4.69, 9.17) is 0 Å². The summed E-state index contributed by atoms with van der Waals surface area (Å²) in [5.74, 6) is 0. The van der Waals surface area contributed by atoms with Crippen molar-refractivity contribution in [1.29, 1.82) is 0 Å². The van der Waals surface area contributed by atoms with Gasteiger partial charge in [0.15, 0.2) is 0 Å². The summed E-state index contributed by atoms with van der Waals surface area (Å²) in [6.45, 7) is 4.78. The van der Waals surface area contributed by atoms with Crippen LogP contribution in [0.5, 0.6) is 0 Å². The number of aromatic nitrogens is 1. The molecule has 5 nitrogen and oxygen atoms in total. The zero-order chi connectivity index (χ0) is 12.9. The van der Waals surface area contributed by atoms with Gasteiger partial charge in [0.1, 0.15) is 0 Å². The number of nitrogens with one attached hydrogen (secondary N) is 2. The summed E-state index contributed by atoms with van der Waals surface area (Å²) in [6, 6.07) is 1.61. The van der Waals surface area contributed by atoms with Gasteiger partial charge in [-0.15, -0.1) is 0 Å². The number of halogens is 1. The average molecular weight is 322 g/mol. The molecule has 0 aliphatic rings. The number of hydrogen-bond acceptors (Lipinski definition) is 4. The normalized spacial score (nSPS) is 13.4. The molecule has 0 saturated carbocycles. The van der Waals surface area contributed by atoms with Crippen molar-refractivity contribution >= 4 is 31.6 Å². The first-order valence-electron chi connectivity index (χ1n) is 5.29. The van der Waals surface area contributed by atoms with E-state index in [-0.39, 0.29) is 0 Å². The molecule has 7 heteroatoms.